The third-order valence-corrected chi connectivity index (χ3v) is 3.78. The Labute approximate surface area is 143 Å². The van der Waals surface area contributed by atoms with Crippen LogP contribution < -0.4 is 15.5 Å². The minimum atomic E-state index is -0.396. The first-order chi connectivity index (χ1) is 11.5. The Morgan fingerprint density at radius 1 is 1.50 bits per heavy atom. The first kappa shape index (κ1) is 16.3. The summed E-state index contributed by atoms with van der Waals surface area (Å²) in [5, 5.41) is 13.7. The van der Waals surface area contributed by atoms with Gasteiger partial charge < -0.3 is 15.5 Å². The number of nitrogens with zero attached hydrogens (tertiary/aromatic N) is 4. The van der Waals surface area contributed by atoms with E-state index >= 15 is 0 Å². The maximum absolute atomic E-state index is 14.4. The van der Waals surface area contributed by atoms with E-state index in [0.29, 0.717) is 41.7 Å². The molecule has 0 saturated carbocycles. The number of amides is 1. The lowest BCUT2D eigenvalue weighted by atomic mass is 10.2. The minimum absolute atomic E-state index is 0.105. The fourth-order valence-electron chi connectivity index (χ4n) is 2.46. The van der Waals surface area contributed by atoms with Crippen LogP contribution in [0.25, 0.3) is 5.69 Å². The van der Waals surface area contributed by atoms with Crippen LogP contribution in [-0.2, 0) is 11.3 Å². The number of nitrogens with one attached hydrogen (secondary N) is 2. The molecule has 9 heteroatoms. The van der Waals surface area contributed by atoms with Gasteiger partial charge in [-0.25, -0.2) is 9.07 Å². The molecule has 0 aliphatic carbocycles. The Bertz CT molecular complexity index is 777. The topological polar surface area (TPSA) is 75.1 Å². The van der Waals surface area contributed by atoms with Crippen molar-refractivity contribution >= 4 is 28.8 Å². The quantitative estimate of drug-likeness (QED) is 0.796. The van der Waals surface area contributed by atoms with E-state index in [9.17, 15) is 9.18 Å². The van der Waals surface area contributed by atoms with E-state index in [1.54, 1.807) is 30.2 Å². The van der Waals surface area contributed by atoms with Crippen molar-refractivity contribution in [2.45, 2.75) is 13.5 Å². The molecule has 1 aliphatic rings. The van der Waals surface area contributed by atoms with Crippen molar-refractivity contribution in [3.8, 4) is 5.69 Å². The number of carbonyl (C=O) groups excluding carboxylic acids is 1. The molecule has 2 aromatic rings. The largest absolute Gasteiger partial charge is 0.374 e. The minimum Gasteiger partial charge on any atom is -0.374 e. The van der Waals surface area contributed by atoms with Crippen LogP contribution in [0.5, 0.6) is 0 Å². The van der Waals surface area contributed by atoms with Crippen molar-refractivity contribution in [3.05, 3.63) is 35.9 Å². The molecule has 0 spiro atoms. The molecule has 1 amide bonds. The van der Waals surface area contributed by atoms with Crippen LogP contribution in [0.1, 0.15) is 12.6 Å². The number of anilines is 1. The van der Waals surface area contributed by atoms with Gasteiger partial charge in [-0.2, -0.15) is 0 Å². The Balaban J connectivity index is 1.77. The van der Waals surface area contributed by atoms with Gasteiger partial charge in [0.25, 0.3) is 0 Å². The first-order valence-electron chi connectivity index (χ1n) is 7.50. The molecule has 126 valence electrons. The fraction of sp³-hybridized carbons (Fsp3) is 0.333. The lowest BCUT2D eigenvalue weighted by molar-refractivity contribution is -0.120. The Hall–Kier alpha value is -2.55. The maximum atomic E-state index is 14.4. The van der Waals surface area contributed by atoms with Crippen LogP contribution in [0.2, 0.25) is 0 Å². The molecule has 3 rings (SSSR count). The molecule has 0 atom stereocenters. The summed E-state index contributed by atoms with van der Waals surface area (Å²) in [6, 6.07) is 4.80. The number of thiocarbonyl (C=S) groups is 1. The summed E-state index contributed by atoms with van der Waals surface area (Å²) < 4.78 is 15.9. The number of aromatic nitrogens is 3. The van der Waals surface area contributed by atoms with Gasteiger partial charge in [0.2, 0.25) is 5.91 Å². The lowest BCUT2D eigenvalue weighted by Crippen LogP contribution is -2.48. The van der Waals surface area contributed by atoms with Crippen molar-refractivity contribution in [2.24, 2.45) is 0 Å². The second kappa shape index (κ2) is 6.91. The Kier molecular flexibility index (Phi) is 4.70. The van der Waals surface area contributed by atoms with Crippen molar-refractivity contribution in [1.82, 2.24) is 25.6 Å². The van der Waals surface area contributed by atoms with Gasteiger partial charge in [-0.1, -0.05) is 17.4 Å². The normalized spacial score (nSPS) is 14.4. The van der Waals surface area contributed by atoms with Gasteiger partial charge in [0.05, 0.1) is 35.6 Å². The highest BCUT2D eigenvalue weighted by Gasteiger charge is 2.19. The third-order valence-electron chi connectivity index (χ3n) is 3.63. The fourth-order valence-corrected chi connectivity index (χ4v) is 2.53. The molecule has 1 aromatic carbocycles. The van der Waals surface area contributed by atoms with E-state index in [4.69, 9.17) is 12.2 Å². The summed E-state index contributed by atoms with van der Waals surface area (Å²) in [5.41, 5.74) is 1.68. The second-order valence-corrected chi connectivity index (χ2v) is 6.08. The summed E-state index contributed by atoms with van der Waals surface area (Å²) >= 11 is 4.95. The number of benzene rings is 1. The highest BCUT2D eigenvalue weighted by Crippen LogP contribution is 2.22. The standard InChI is InChI=1S/C15H17FN6OS/c1-10(24)18-7-11-8-22(20-19-11)12-2-3-14(13(16)6-12)21-5-4-17-15(23)9-21/h2-3,6,8H,4-5,7,9H2,1H3,(H,17,23)(H,18,24). The highest BCUT2D eigenvalue weighted by atomic mass is 32.1. The van der Waals surface area contributed by atoms with Crippen LogP contribution in [0, 0.1) is 5.82 Å². The van der Waals surface area contributed by atoms with Crippen molar-refractivity contribution in [3.63, 3.8) is 0 Å². The van der Waals surface area contributed by atoms with E-state index in [-0.39, 0.29) is 12.5 Å². The van der Waals surface area contributed by atoms with Crippen molar-refractivity contribution < 1.29 is 9.18 Å². The summed E-state index contributed by atoms with van der Waals surface area (Å²) in [6.45, 7) is 3.51. The molecule has 1 fully saturated rings. The van der Waals surface area contributed by atoms with Crippen molar-refractivity contribution in [1.29, 1.82) is 0 Å². The first-order valence-corrected chi connectivity index (χ1v) is 7.91. The average Bonchev–Trinajstić information content (AvgIpc) is 3.02. The number of carbonyl (C=O) groups is 1. The number of hydrogen-bond acceptors (Lipinski definition) is 5. The molecular formula is C15H17FN6OS. The molecule has 1 aromatic heterocycles. The summed E-state index contributed by atoms with van der Waals surface area (Å²) in [5.74, 6) is -0.501. The zero-order valence-electron chi connectivity index (χ0n) is 13.1. The molecule has 2 N–H and O–H groups in total. The van der Waals surface area contributed by atoms with Crippen LogP contribution in [-0.4, -0.2) is 45.5 Å². The number of halogens is 1. The highest BCUT2D eigenvalue weighted by molar-refractivity contribution is 7.80. The summed E-state index contributed by atoms with van der Waals surface area (Å²) in [6.07, 6.45) is 1.72. The van der Waals surface area contributed by atoms with Crippen LogP contribution in [0.4, 0.5) is 10.1 Å². The van der Waals surface area contributed by atoms with Gasteiger partial charge in [-0.15, -0.1) is 5.10 Å². The zero-order valence-corrected chi connectivity index (χ0v) is 13.9. The molecule has 2 heterocycles. The van der Waals surface area contributed by atoms with E-state index in [1.165, 1.54) is 10.7 Å². The molecule has 1 saturated heterocycles. The van der Waals surface area contributed by atoms with Gasteiger partial charge in [-0.05, 0) is 19.1 Å². The summed E-state index contributed by atoms with van der Waals surface area (Å²) in [7, 11) is 0. The maximum Gasteiger partial charge on any atom is 0.239 e. The van der Waals surface area contributed by atoms with Gasteiger partial charge >= 0.3 is 0 Å². The second-order valence-electron chi connectivity index (χ2n) is 5.47. The summed E-state index contributed by atoms with van der Waals surface area (Å²) in [4.78, 5) is 13.8. The molecule has 7 nitrogen and oxygen atoms in total. The molecule has 0 bridgehead atoms. The van der Waals surface area contributed by atoms with Crippen LogP contribution in [0.3, 0.4) is 0 Å². The lowest BCUT2D eigenvalue weighted by Gasteiger charge is -2.28. The zero-order chi connectivity index (χ0) is 17.1. The monoisotopic (exact) mass is 348 g/mol. The van der Waals surface area contributed by atoms with E-state index < -0.39 is 5.82 Å². The van der Waals surface area contributed by atoms with Gasteiger partial charge in [0, 0.05) is 19.2 Å². The number of rotatable bonds is 4. The van der Waals surface area contributed by atoms with Gasteiger partial charge in [-0.3, -0.25) is 4.79 Å². The van der Waals surface area contributed by atoms with Crippen LogP contribution >= 0.6 is 12.2 Å². The Morgan fingerprint density at radius 2 is 2.33 bits per heavy atom. The SMILES string of the molecule is CC(=S)NCc1cn(-c2ccc(N3CCNC(=O)C3)c(F)c2)nn1. The average molecular weight is 348 g/mol. The predicted octanol–water partition coefficient (Wildman–Crippen LogP) is 0.779. The van der Waals surface area contributed by atoms with E-state index in [2.05, 4.69) is 20.9 Å². The van der Waals surface area contributed by atoms with Crippen molar-refractivity contribution in [2.75, 3.05) is 24.5 Å². The third kappa shape index (κ3) is 3.67. The predicted molar refractivity (Wildman–Crippen MR) is 91.7 cm³/mol. The smallest absolute Gasteiger partial charge is 0.239 e. The molecular weight excluding hydrogens is 331 g/mol. The number of piperazine rings is 1. The number of hydrogen-bond donors (Lipinski definition) is 2. The van der Waals surface area contributed by atoms with E-state index in [0.717, 1.165) is 0 Å². The molecule has 0 unspecified atom stereocenters. The van der Waals surface area contributed by atoms with Crippen LogP contribution in [0.15, 0.2) is 24.4 Å². The van der Waals surface area contributed by atoms with E-state index in [1.807, 2.05) is 0 Å². The molecule has 1 aliphatic heterocycles. The Morgan fingerprint density at radius 3 is 3.04 bits per heavy atom. The van der Waals surface area contributed by atoms with Gasteiger partial charge in [0.15, 0.2) is 0 Å². The van der Waals surface area contributed by atoms with Gasteiger partial charge in [0.1, 0.15) is 11.5 Å². The molecule has 0 radical (unpaired) electrons. The molecule has 24 heavy (non-hydrogen) atoms.